The van der Waals surface area contributed by atoms with Crippen molar-refractivity contribution in [2.75, 3.05) is 16.4 Å². The van der Waals surface area contributed by atoms with Gasteiger partial charge in [0.15, 0.2) is 0 Å². The molecule has 6 heteroatoms. The zero-order valence-electron chi connectivity index (χ0n) is 11.1. The number of carbonyl (C=O) groups is 1. The molecule has 2 aromatic rings. The fourth-order valence-corrected chi connectivity index (χ4v) is 1.59. The Morgan fingerprint density at radius 2 is 2.15 bits per heavy atom. The Morgan fingerprint density at radius 1 is 1.40 bits per heavy atom. The molecule has 0 fully saturated rings. The van der Waals surface area contributed by atoms with Crippen LogP contribution >= 0.6 is 0 Å². The molecule has 102 valence electrons. The van der Waals surface area contributed by atoms with Crippen molar-refractivity contribution in [1.82, 2.24) is 9.97 Å². The summed E-state index contributed by atoms with van der Waals surface area (Å²) in [7, 11) is 0. The van der Waals surface area contributed by atoms with Gasteiger partial charge in [-0.1, -0.05) is 12.6 Å². The monoisotopic (exact) mass is 269 g/mol. The van der Waals surface area contributed by atoms with Crippen LogP contribution in [0.3, 0.4) is 0 Å². The third-order valence-electron chi connectivity index (χ3n) is 2.57. The maximum Gasteiger partial charge on any atom is 0.247 e. The third kappa shape index (κ3) is 3.32. The van der Waals surface area contributed by atoms with Crippen LogP contribution in [0.25, 0.3) is 0 Å². The molecular formula is C14H15N5O. The van der Waals surface area contributed by atoms with Crippen LogP contribution in [0.4, 0.5) is 23.1 Å². The van der Waals surface area contributed by atoms with Gasteiger partial charge < -0.3 is 16.4 Å². The van der Waals surface area contributed by atoms with Gasteiger partial charge in [0.25, 0.3) is 0 Å². The van der Waals surface area contributed by atoms with Gasteiger partial charge in [-0.3, -0.25) is 4.79 Å². The van der Waals surface area contributed by atoms with Crippen molar-refractivity contribution in [3.05, 3.63) is 48.7 Å². The first kappa shape index (κ1) is 13.5. The van der Waals surface area contributed by atoms with E-state index < -0.39 is 0 Å². The van der Waals surface area contributed by atoms with E-state index in [1.165, 1.54) is 6.08 Å². The summed E-state index contributed by atoms with van der Waals surface area (Å²) in [5, 5.41) is 5.83. The van der Waals surface area contributed by atoms with Gasteiger partial charge in [0.1, 0.15) is 5.82 Å². The Labute approximate surface area is 116 Å². The fourth-order valence-electron chi connectivity index (χ4n) is 1.59. The van der Waals surface area contributed by atoms with E-state index in [0.29, 0.717) is 11.5 Å². The summed E-state index contributed by atoms with van der Waals surface area (Å²) in [5.41, 5.74) is 7.89. The van der Waals surface area contributed by atoms with Crippen molar-refractivity contribution in [1.29, 1.82) is 0 Å². The van der Waals surface area contributed by atoms with E-state index in [0.717, 1.165) is 11.3 Å². The van der Waals surface area contributed by atoms with Gasteiger partial charge in [0.05, 0.1) is 0 Å². The molecule has 1 amide bonds. The first-order chi connectivity index (χ1) is 9.58. The molecule has 0 bridgehead atoms. The van der Waals surface area contributed by atoms with Crippen LogP contribution in [0.15, 0.2) is 43.1 Å². The van der Waals surface area contributed by atoms with Crippen molar-refractivity contribution in [2.45, 2.75) is 6.92 Å². The molecule has 0 atom stereocenters. The molecular weight excluding hydrogens is 254 g/mol. The molecule has 0 spiro atoms. The summed E-state index contributed by atoms with van der Waals surface area (Å²) in [5.74, 6) is 0.573. The number of anilines is 4. The first-order valence-corrected chi connectivity index (χ1v) is 5.98. The maximum absolute atomic E-state index is 11.3. The minimum Gasteiger partial charge on any atom is -0.368 e. The van der Waals surface area contributed by atoms with Crippen LogP contribution in [-0.2, 0) is 4.79 Å². The molecule has 2 rings (SSSR count). The number of aromatic nitrogens is 2. The van der Waals surface area contributed by atoms with E-state index in [-0.39, 0.29) is 11.9 Å². The highest BCUT2D eigenvalue weighted by atomic mass is 16.1. The van der Waals surface area contributed by atoms with Crippen LogP contribution in [0, 0.1) is 6.92 Å². The highest BCUT2D eigenvalue weighted by Crippen LogP contribution is 2.21. The lowest BCUT2D eigenvalue weighted by Crippen LogP contribution is -2.07. The third-order valence-corrected chi connectivity index (χ3v) is 2.57. The second-order valence-corrected chi connectivity index (χ2v) is 4.16. The minimum absolute atomic E-state index is 0.203. The zero-order chi connectivity index (χ0) is 14.5. The van der Waals surface area contributed by atoms with E-state index in [1.807, 2.05) is 19.1 Å². The molecule has 1 aromatic carbocycles. The second-order valence-electron chi connectivity index (χ2n) is 4.16. The zero-order valence-corrected chi connectivity index (χ0v) is 11.1. The number of hydrogen-bond donors (Lipinski definition) is 3. The van der Waals surface area contributed by atoms with Gasteiger partial charge in [-0.2, -0.15) is 4.98 Å². The minimum atomic E-state index is -0.260. The van der Waals surface area contributed by atoms with Gasteiger partial charge in [-0.25, -0.2) is 4.98 Å². The first-order valence-electron chi connectivity index (χ1n) is 5.98. The summed E-state index contributed by atoms with van der Waals surface area (Å²) < 4.78 is 0. The van der Waals surface area contributed by atoms with Crippen molar-refractivity contribution in [2.24, 2.45) is 0 Å². The number of rotatable bonds is 4. The Morgan fingerprint density at radius 3 is 2.90 bits per heavy atom. The highest BCUT2D eigenvalue weighted by Gasteiger charge is 2.04. The van der Waals surface area contributed by atoms with Crippen molar-refractivity contribution in [3.8, 4) is 0 Å². The summed E-state index contributed by atoms with van der Waals surface area (Å²) in [4.78, 5) is 19.3. The average molecular weight is 269 g/mol. The van der Waals surface area contributed by atoms with Gasteiger partial charge in [0.2, 0.25) is 11.9 Å². The lowest BCUT2D eigenvalue weighted by molar-refractivity contribution is -0.111. The molecule has 1 aromatic heterocycles. The summed E-state index contributed by atoms with van der Waals surface area (Å²) in [6.07, 6.45) is 2.86. The molecule has 0 saturated heterocycles. The Kier molecular flexibility index (Phi) is 3.95. The number of carbonyl (C=O) groups excluding carboxylic acids is 1. The van der Waals surface area contributed by atoms with E-state index in [1.54, 1.807) is 18.3 Å². The highest BCUT2D eigenvalue weighted by molar-refractivity contribution is 5.99. The quantitative estimate of drug-likeness (QED) is 0.740. The number of amides is 1. The number of nitrogens with two attached hydrogens (primary N) is 1. The van der Waals surface area contributed by atoms with Crippen LogP contribution < -0.4 is 16.4 Å². The molecule has 0 unspecified atom stereocenters. The summed E-state index contributed by atoms with van der Waals surface area (Å²) in [6.45, 7) is 5.29. The predicted molar refractivity (Wildman–Crippen MR) is 79.7 cm³/mol. The van der Waals surface area contributed by atoms with E-state index >= 15 is 0 Å². The topological polar surface area (TPSA) is 92.9 Å². The molecule has 0 aliphatic rings. The number of benzene rings is 1. The van der Waals surface area contributed by atoms with Crippen molar-refractivity contribution < 1.29 is 4.79 Å². The molecule has 1 heterocycles. The van der Waals surface area contributed by atoms with Gasteiger partial charge in [-0.15, -0.1) is 0 Å². The lowest BCUT2D eigenvalue weighted by Gasteiger charge is -2.10. The van der Waals surface area contributed by atoms with Crippen LogP contribution in [-0.4, -0.2) is 15.9 Å². The predicted octanol–water partition coefficient (Wildman–Crippen LogP) is 2.24. The molecule has 0 aliphatic heterocycles. The number of nitrogen functional groups attached to an aromatic ring is 1. The number of aryl methyl sites for hydroxylation is 1. The Balaban J connectivity index is 2.21. The van der Waals surface area contributed by atoms with E-state index in [9.17, 15) is 4.79 Å². The SMILES string of the molecule is C=CC(=O)Nc1cccc(Nc2nc(N)ncc2C)c1. The largest absolute Gasteiger partial charge is 0.368 e. The molecule has 0 saturated carbocycles. The number of nitrogens with zero attached hydrogens (tertiary/aromatic N) is 2. The molecule has 0 radical (unpaired) electrons. The van der Waals surface area contributed by atoms with Crippen LogP contribution in [0.1, 0.15) is 5.56 Å². The second kappa shape index (κ2) is 5.83. The van der Waals surface area contributed by atoms with Gasteiger partial charge >= 0.3 is 0 Å². The standard InChI is InChI=1S/C14H15N5O/c1-3-12(20)17-10-5-4-6-11(7-10)18-13-9(2)8-16-14(15)19-13/h3-8H,1H2,2H3,(H,17,20)(H3,15,16,18,19). The Bertz CT molecular complexity index is 654. The van der Waals surface area contributed by atoms with Gasteiger partial charge in [0, 0.05) is 23.1 Å². The average Bonchev–Trinajstić information content (AvgIpc) is 2.43. The molecule has 0 aliphatic carbocycles. The summed E-state index contributed by atoms with van der Waals surface area (Å²) in [6, 6.07) is 7.26. The summed E-state index contributed by atoms with van der Waals surface area (Å²) >= 11 is 0. The molecule has 6 nitrogen and oxygen atoms in total. The van der Waals surface area contributed by atoms with E-state index in [2.05, 4.69) is 27.2 Å². The lowest BCUT2D eigenvalue weighted by atomic mass is 10.2. The van der Waals surface area contributed by atoms with Crippen LogP contribution in [0.2, 0.25) is 0 Å². The van der Waals surface area contributed by atoms with E-state index in [4.69, 9.17) is 5.73 Å². The van der Waals surface area contributed by atoms with Crippen LogP contribution in [0.5, 0.6) is 0 Å². The molecule has 4 N–H and O–H groups in total. The van der Waals surface area contributed by atoms with Crippen molar-refractivity contribution in [3.63, 3.8) is 0 Å². The van der Waals surface area contributed by atoms with Crippen molar-refractivity contribution >= 4 is 29.0 Å². The number of hydrogen-bond acceptors (Lipinski definition) is 5. The fraction of sp³-hybridized carbons (Fsp3) is 0.0714. The Hall–Kier alpha value is -2.89. The smallest absolute Gasteiger partial charge is 0.247 e. The number of nitrogens with one attached hydrogen (secondary N) is 2. The maximum atomic E-state index is 11.3. The molecule has 20 heavy (non-hydrogen) atoms. The van der Waals surface area contributed by atoms with Gasteiger partial charge in [-0.05, 0) is 31.2 Å². The normalized spacial score (nSPS) is 9.85.